The van der Waals surface area contributed by atoms with Gasteiger partial charge in [0.2, 0.25) is 0 Å². The summed E-state index contributed by atoms with van der Waals surface area (Å²) in [6.45, 7) is 0.490. The number of unbranched alkanes of at least 4 members (excludes halogenated alkanes) is 1. The fourth-order valence-electron chi connectivity index (χ4n) is 1.21. The van der Waals surface area contributed by atoms with Crippen molar-refractivity contribution in [1.82, 2.24) is 10.3 Å². The lowest BCUT2D eigenvalue weighted by Gasteiger charge is -2.01. The van der Waals surface area contributed by atoms with Gasteiger partial charge in [0.25, 0.3) is 0 Å². The van der Waals surface area contributed by atoms with Crippen molar-refractivity contribution >= 4 is 11.8 Å². The number of pyridine rings is 1. The van der Waals surface area contributed by atoms with Gasteiger partial charge in [-0.1, -0.05) is 0 Å². The third-order valence-corrected chi connectivity index (χ3v) is 1.98. The lowest BCUT2D eigenvalue weighted by molar-refractivity contribution is 0.194. The molecule has 15 heavy (non-hydrogen) atoms. The van der Waals surface area contributed by atoms with Crippen LogP contribution >= 0.6 is 0 Å². The smallest absolute Gasteiger partial charge is 0.404 e. The first-order chi connectivity index (χ1) is 7.18. The van der Waals surface area contributed by atoms with Crippen molar-refractivity contribution in [3.8, 4) is 0 Å². The van der Waals surface area contributed by atoms with Crippen molar-refractivity contribution in [2.75, 3.05) is 12.3 Å². The van der Waals surface area contributed by atoms with Gasteiger partial charge in [-0.2, -0.15) is 0 Å². The minimum Gasteiger partial charge on any atom is -0.465 e. The molecule has 1 amide bonds. The van der Waals surface area contributed by atoms with E-state index in [1.54, 1.807) is 6.20 Å². The Hall–Kier alpha value is -1.78. The van der Waals surface area contributed by atoms with E-state index in [2.05, 4.69) is 10.3 Å². The third kappa shape index (κ3) is 4.85. The van der Waals surface area contributed by atoms with Gasteiger partial charge in [-0.05, 0) is 31.4 Å². The average Bonchev–Trinajstić information content (AvgIpc) is 2.20. The van der Waals surface area contributed by atoms with Gasteiger partial charge >= 0.3 is 6.09 Å². The number of carbonyl (C=O) groups is 1. The number of nitrogen functional groups attached to an aromatic ring is 1. The highest BCUT2D eigenvalue weighted by atomic mass is 16.4. The van der Waals surface area contributed by atoms with Crippen LogP contribution < -0.4 is 11.1 Å². The summed E-state index contributed by atoms with van der Waals surface area (Å²) in [6.07, 6.45) is 3.24. The van der Waals surface area contributed by atoms with E-state index in [-0.39, 0.29) is 0 Å². The van der Waals surface area contributed by atoms with Crippen LogP contribution in [0.4, 0.5) is 10.5 Å². The van der Waals surface area contributed by atoms with Crippen molar-refractivity contribution in [2.45, 2.75) is 19.3 Å². The van der Waals surface area contributed by atoms with E-state index in [1.165, 1.54) is 0 Å². The summed E-state index contributed by atoms with van der Waals surface area (Å²) < 4.78 is 0. The lowest BCUT2D eigenvalue weighted by Crippen LogP contribution is -2.21. The Morgan fingerprint density at radius 3 is 2.87 bits per heavy atom. The molecule has 0 saturated carbocycles. The predicted octanol–water partition coefficient (Wildman–Crippen LogP) is 1.25. The van der Waals surface area contributed by atoms with E-state index in [0.29, 0.717) is 12.2 Å². The van der Waals surface area contributed by atoms with Crippen LogP contribution in [0.1, 0.15) is 18.5 Å². The van der Waals surface area contributed by atoms with Crippen molar-refractivity contribution in [3.05, 3.63) is 24.0 Å². The maximum absolute atomic E-state index is 10.1. The Morgan fingerprint density at radius 2 is 2.27 bits per heavy atom. The van der Waals surface area contributed by atoms with Crippen LogP contribution in [0.25, 0.3) is 0 Å². The molecule has 0 aromatic carbocycles. The van der Waals surface area contributed by atoms with E-state index in [4.69, 9.17) is 10.8 Å². The minimum atomic E-state index is -0.972. The largest absolute Gasteiger partial charge is 0.465 e. The quantitative estimate of drug-likeness (QED) is 0.637. The number of aryl methyl sites for hydroxylation is 1. The molecular weight excluding hydrogens is 194 g/mol. The average molecular weight is 209 g/mol. The zero-order valence-corrected chi connectivity index (χ0v) is 8.44. The Balaban J connectivity index is 2.15. The molecule has 5 heteroatoms. The van der Waals surface area contributed by atoms with Crippen molar-refractivity contribution < 1.29 is 9.90 Å². The maximum Gasteiger partial charge on any atom is 0.404 e. The molecule has 0 atom stereocenters. The molecule has 0 radical (unpaired) electrons. The van der Waals surface area contributed by atoms with E-state index in [0.717, 1.165) is 25.0 Å². The molecule has 0 aliphatic carbocycles. The number of nitrogens with zero attached hydrogens (tertiary/aromatic N) is 1. The molecule has 0 bridgehead atoms. The number of carboxylic acid groups (broad SMARTS) is 1. The summed E-state index contributed by atoms with van der Waals surface area (Å²) in [5.74, 6) is 0. The number of hydrogen-bond acceptors (Lipinski definition) is 3. The molecule has 1 aromatic rings. The normalized spacial score (nSPS) is 9.87. The molecule has 82 valence electrons. The van der Waals surface area contributed by atoms with Crippen molar-refractivity contribution in [2.24, 2.45) is 0 Å². The highest BCUT2D eigenvalue weighted by Crippen LogP contribution is 2.04. The SMILES string of the molecule is Nc1ccc(CCCCNC(=O)O)nc1. The molecule has 1 heterocycles. The van der Waals surface area contributed by atoms with E-state index in [1.807, 2.05) is 12.1 Å². The van der Waals surface area contributed by atoms with Gasteiger partial charge < -0.3 is 16.2 Å². The minimum absolute atomic E-state index is 0.490. The summed E-state index contributed by atoms with van der Waals surface area (Å²) in [4.78, 5) is 14.3. The highest BCUT2D eigenvalue weighted by molar-refractivity contribution is 5.64. The van der Waals surface area contributed by atoms with Crippen LogP contribution in [0.2, 0.25) is 0 Å². The summed E-state index contributed by atoms with van der Waals surface area (Å²) in [6, 6.07) is 3.71. The van der Waals surface area contributed by atoms with Crippen LogP contribution in [-0.4, -0.2) is 22.7 Å². The number of aromatic nitrogens is 1. The summed E-state index contributed by atoms with van der Waals surface area (Å²) in [5.41, 5.74) is 7.14. The lowest BCUT2D eigenvalue weighted by atomic mass is 10.2. The van der Waals surface area contributed by atoms with Gasteiger partial charge in [0.1, 0.15) is 0 Å². The molecule has 4 N–H and O–H groups in total. The number of anilines is 1. The number of amides is 1. The molecule has 0 fully saturated rings. The summed E-state index contributed by atoms with van der Waals surface area (Å²) in [5, 5.41) is 10.6. The summed E-state index contributed by atoms with van der Waals surface area (Å²) in [7, 11) is 0. The second-order valence-corrected chi connectivity index (χ2v) is 3.27. The first kappa shape index (κ1) is 11.3. The van der Waals surface area contributed by atoms with Crippen LogP contribution in [0, 0.1) is 0 Å². The molecule has 0 aliphatic rings. The predicted molar refractivity (Wildman–Crippen MR) is 57.6 cm³/mol. The molecule has 0 aliphatic heterocycles. The second kappa shape index (κ2) is 5.85. The Kier molecular flexibility index (Phi) is 4.40. The first-order valence-electron chi connectivity index (χ1n) is 4.85. The standard InChI is InChI=1S/C10H15N3O2/c11-8-4-5-9(13-7-8)3-1-2-6-12-10(14)15/h4-5,7,12H,1-3,6,11H2,(H,14,15). The molecule has 0 unspecified atom stereocenters. The third-order valence-electron chi connectivity index (χ3n) is 1.98. The van der Waals surface area contributed by atoms with Gasteiger partial charge in [-0.15, -0.1) is 0 Å². The maximum atomic E-state index is 10.1. The molecule has 5 nitrogen and oxygen atoms in total. The molecular formula is C10H15N3O2. The van der Waals surface area contributed by atoms with Gasteiger partial charge in [0, 0.05) is 12.2 Å². The fourth-order valence-corrected chi connectivity index (χ4v) is 1.21. The zero-order chi connectivity index (χ0) is 11.1. The van der Waals surface area contributed by atoms with E-state index >= 15 is 0 Å². The van der Waals surface area contributed by atoms with Crippen LogP contribution in [-0.2, 0) is 6.42 Å². The number of nitrogens with two attached hydrogens (primary N) is 1. The van der Waals surface area contributed by atoms with Gasteiger partial charge in [0.05, 0.1) is 11.9 Å². The number of nitrogens with one attached hydrogen (secondary N) is 1. The second-order valence-electron chi connectivity index (χ2n) is 3.27. The van der Waals surface area contributed by atoms with Crippen molar-refractivity contribution in [1.29, 1.82) is 0 Å². The number of hydrogen-bond donors (Lipinski definition) is 3. The molecule has 1 rings (SSSR count). The van der Waals surface area contributed by atoms with Crippen molar-refractivity contribution in [3.63, 3.8) is 0 Å². The van der Waals surface area contributed by atoms with E-state index in [9.17, 15) is 4.79 Å². The molecule has 0 spiro atoms. The van der Waals surface area contributed by atoms with E-state index < -0.39 is 6.09 Å². The van der Waals surface area contributed by atoms with Crippen LogP contribution in [0.3, 0.4) is 0 Å². The Morgan fingerprint density at radius 1 is 1.47 bits per heavy atom. The highest BCUT2D eigenvalue weighted by Gasteiger charge is 1.96. The number of rotatable bonds is 5. The monoisotopic (exact) mass is 209 g/mol. The van der Waals surface area contributed by atoms with Gasteiger partial charge in [0.15, 0.2) is 0 Å². The van der Waals surface area contributed by atoms with Crippen LogP contribution in [0.5, 0.6) is 0 Å². The first-order valence-corrected chi connectivity index (χ1v) is 4.85. The van der Waals surface area contributed by atoms with Gasteiger partial charge in [-0.3, -0.25) is 4.98 Å². The zero-order valence-electron chi connectivity index (χ0n) is 8.44. The topological polar surface area (TPSA) is 88.2 Å². The van der Waals surface area contributed by atoms with Crippen LogP contribution in [0.15, 0.2) is 18.3 Å². The molecule has 1 aromatic heterocycles. The Bertz CT molecular complexity index is 311. The van der Waals surface area contributed by atoms with Gasteiger partial charge in [-0.25, -0.2) is 4.79 Å². The fraction of sp³-hybridized carbons (Fsp3) is 0.400. The Labute approximate surface area is 88.3 Å². The molecule has 0 saturated heterocycles. The summed E-state index contributed by atoms with van der Waals surface area (Å²) >= 11 is 0.